The van der Waals surface area contributed by atoms with Crippen LogP contribution in [0.15, 0.2) is 0 Å². The molecule has 0 fully saturated rings. The molecule has 0 heterocycles. The van der Waals surface area contributed by atoms with E-state index in [1.54, 1.807) is 0 Å². The third-order valence-corrected chi connectivity index (χ3v) is 2.89. The van der Waals surface area contributed by atoms with Gasteiger partial charge in [-0.15, -0.1) is 0 Å². The Balaban J connectivity index is 4.26. The molecule has 0 aromatic carbocycles. The highest BCUT2D eigenvalue weighted by atomic mass is 16.3. The number of aliphatic hydroxyl groups excluding tert-OH is 1. The molecule has 2 nitrogen and oxygen atoms in total. The fraction of sp³-hybridized carbons (Fsp3) is 1.00. The second-order valence-electron chi connectivity index (χ2n) is 3.06. The van der Waals surface area contributed by atoms with Crippen molar-refractivity contribution in [3.05, 3.63) is 0 Å². The van der Waals surface area contributed by atoms with E-state index in [0.717, 1.165) is 30.5 Å². The predicted molar refractivity (Wildman–Crippen MR) is 48.2 cm³/mol. The molecule has 11 heavy (non-hydrogen) atoms. The Kier molecular flexibility index (Phi) is 4.69. The van der Waals surface area contributed by atoms with Crippen LogP contribution in [0.25, 0.3) is 0 Å². The van der Waals surface area contributed by atoms with E-state index < -0.39 is 0 Å². The Hall–Kier alpha value is -0.0800. The fourth-order valence-corrected chi connectivity index (χ4v) is 1.69. The molecule has 0 rings (SSSR count). The summed E-state index contributed by atoms with van der Waals surface area (Å²) in [5.74, 6) is 0. The molecule has 0 amide bonds. The van der Waals surface area contributed by atoms with Crippen molar-refractivity contribution in [2.45, 2.75) is 40.3 Å². The molecule has 0 aromatic rings. The molecule has 1 N–H and O–H groups in total. The van der Waals surface area contributed by atoms with Gasteiger partial charge >= 0.3 is 0 Å². The van der Waals surface area contributed by atoms with Crippen molar-refractivity contribution in [3.63, 3.8) is 0 Å². The number of rotatable bonds is 5. The van der Waals surface area contributed by atoms with Crippen LogP contribution in [0.5, 0.6) is 0 Å². The Bertz CT molecular complexity index is 91.5. The first-order chi connectivity index (χ1) is 5.16. The number of quaternary nitrogens is 1. The topological polar surface area (TPSA) is 20.2 Å². The van der Waals surface area contributed by atoms with Crippen molar-refractivity contribution in [2.75, 3.05) is 19.6 Å². The third kappa shape index (κ3) is 2.17. The smallest absolute Gasteiger partial charge is 0.190 e. The number of hydrogen-bond donors (Lipinski definition) is 1. The van der Waals surface area contributed by atoms with E-state index in [0.29, 0.717) is 0 Å². The quantitative estimate of drug-likeness (QED) is 0.478. The lowest BCUT2D eigenvalue weighted by Gasteiger charge is -2.39. The van der Waals surface area contributed by atoms with Crippen LogP contribution < -0.4 is 0 Å². The van der Waals surface area contributed by atoms with E-state index in [2.05, 4.69) is 20.8 Å². The molecule has 68 valence electrons. The summed E-state index contributed by atoms with van der Waals surface area (Å²) < 4.78 is 0.844. The summed E-state index contributed by atoms with van der Waals surface area (Å²) in [7, 11) is 0. The number of nitrogens with zero attached hydrogens (tertiary/aromatic N) is 1. The van der Waals surface area contributed by atoms with Crippen molar-refractivity contribution >= 4 is 0 Å². The van der Waals surface area contributed by atoms with Crippen molar-refractivity contribution in [3.8, 4) is 0 Å². The lowest BCUT2D eigenvalue weighted by atomic mass is 10.2. The maximum atomic E-state index is 9.74. The van der Waals surface area contributed by atoms with Crippen LogP contribution in [0.4, 0.5) is 0 Å². The first-order valence-corrected chi connectivity index (χ1v) is 4.70. The van der Waals surface area contributed by atoms with Crippen molar-refractivity contribution in [1.29, 1.82) is 0 Å². The lowest BCUT2D eigenvalue weighted by molar-refractivity contribution is -0.966. The van der Waals surface area contributed by atoms with E-state index in [4.69, 9.17) is 0 Å². The van der Waals surface area contributed by atoms with Gasteiger partial charge in [0.05, 0.1) is 19.6 Å². The number of aliphatic hydroxyl groups is 1. The average molecular weight is 160 g/mol. The van der Waals surface area contributed by atoms with Gasteiger partial charge in [-0.1, -0.05) is 6.92 Å². The van der Waals surface area contributed by atoms with Crippen molar-refractivity contribution < 1.29 is 9.59 Å². The first kappa shape index (κ1) is 10.9. The van der Waals surface area contributed by atoms with Crippen LogP contribution in [0.1, 0.15) is 34.1 Å². The molecule has 0 aliphatic carbocycles. The highest BCUT2D eigenvalue weighted by Gasteiger charge is 2.28. The monoisotopic (exact) mass is 160 g/mol. The van der Waals surface area contributed by atoms with E-state index in [1.165, 1.54) is 0 Å². The summed E-state index contributed by atoms with van der Waals surface area (Å²) in [6.07, 6.45) is 0.685. The Morgan fingerprint density at radius 2 is 1.36 bits per heavy atom. The molecular formula is C9H22NO+. The molecule has 0 spiro atoms. The largest absolute Gasteiger partial charge is 0.345 e. The Morgan fingerprint density at radius 1 is 1.00 bits per heavy atom. The summed E-state index contributed by atoms with van der Waals surface area (Å²) in [5.41, 5.74) is 0. The van der Waals surface area contributed by atoms with E-state index in [9.17, 15) is 5.11 Å². The molecule has 0 bridgehead atoms. The third-order valence-electron chi connectivity index (χ3n) is 2.89. The second-order valence-corrected chi connectivity index (χ2v) is 3.06. The maximum absolute atomic E-state index is 9.74. The zero-order valence-electron chi connectivity index (χ0n) is 8.30. The van der Waals surface area contributed by atoms with Gasteiger partial charge in [0.15, 0.2) is 6.23 Å². The maximum Gasteiger partial charge on any atom is 0.190 e. The van der Waals surface area contributed by atoms with Crippen LogP contribution in [0.3, 0.4) is 0 Å². The summed E-state index contributed by atoms with van der Waals surface area (Å²) in [6, 6.07) is 0. The van der Waals surface area contributed by atoms with Crippen LogP contribution >= 0.6 is 0 Å². The standard InChI is InChI=1S/C9H22NO/c1-5-9(11)10(6-2,7-3)8-4/h9,11H,5-8H2,1-4H3/q+1. The Labute approximate surface area is 70.4 Å². The molecule has 0 aromatic heterocycles. The average Bonchev–Trinajstić information content (AvgIpc) is 2.08. The minimum Gasteiger partial charge on any atom is -0.345 e. The zero-order chi connectivity index (χ0) is 8.91. The summed E-state index contributed by atoms with van der Waals surface area (Å²) in [5, 5.41) is 9.74. The highest BCUT2D eigenvalue weighted by molar-refractivity contribution is 4.41. The van der Waals surface area contributed by atoms with Gasteiger partial charge < -0.3 is 5.11 Å². The summed E-state index contributed by atoms with van der Waals surface area (Å²) >= 11 is 0. The normalized spacial score (nSPS) is 15.0. The molecule has 0 saturated carbocycles. The predicted octanol–water partition coefficient (Wildman–Crippen LogP) is 1.59. The van der Waals surface area contributed by atoms with Gasteiger partial charge in [0, 0.05) is 6.42 Å². The van der Waals surface area contributed by atoms with Gasteiger partial charge in [-0.25, -0.2) is 0 Å². The molecule has 0 aliphatic rings. The lowest BCUT2D eigenvalue weighted by Crippen LogP contribution is -2.54. The van der Waals surface area contributed by atoms with Crippen molar-refractivity contribution in [1.82, 2.24) is 0 Å². The van der Waals surface area contributed by atoms with Gasteiger partial charge in [0.25, 0.3) is 0 Å². The molecular weight excluding hydrogens is 138 g/mol. The number of hydrogen-bond acceptors (Lipinski definition) is 1. The zero-order valence-corrected chi connectivity index (χ0v) is 8.30. The van der Waals surface area contributed by atoms with Gasteiger partial charge in [-0.2, -0.15) is 0 Å². The molecule has 0 radical (unpaired) electrons. The second kappa shape index (κ2) is 4.73. The van der Waals surface area contributed by atoms with Crippen LogP contribution in [0, 0.1) is 0 Å². The summed E-state index contributed by atoms with van der Waals surface area (Å²) in [6.45, 7) is 11.6. The molecule has 1 atom stereocenters. The highest BCUT2D eigenvalue weighted by Crippen LogP contribution is 2.13. The van der Waals surface area contributed by atoms with E-state index >= 15 is 0 Å². The SMILES string of the molecule is CCC(O)[N+](CC)(CC)CC. The van der Waals surface area contributed by atoms with Crippen molar-refractivity contribution in [2.24, 2.45) is 0 Å². The van der Waals surface area contributed by atoms with Gasteiger partial charge in [0.2, 0.25) is 0 Å². The Morgan fingerprint density at radius 3 is 1.45 bits per heavy atom. The van der Waals surface area contributed by atoms with E-state index in [1.807, 2.05) is 6.92 Å². The van der Waals surface area contributed by atoms with E-state index in [-0.39, 0.29) is 6.23 Å². The molecule has 1 unspecified atom stereocenters. The minimum absolute atomic E-state index is 0.171. The van der Waals surface area contributed by atoms with Crippen LogP contribution in [-0.4, -0.2) is 35.5 Å². The molecule has 2 heteroatoms. The van der Waals surface area contributed by atoms with Gasteiger partial charge in [-0.3, -0.25) is 4.48 Å². The van der Waals surface area contributed by atoms with Crippen LogP contribution in [-0.2, 0) is 0 Å². The minimum atomic E-state index is -0.171. The van der Waals surface area contributed by atoms with Gasteiger partial charge in [-0.05, 0) is 20.8 Å². The fourth-order valence-electron chi connectivity index (χ4n) is 1.69. The van der Waals surface area contributed by atoms with Gasteiger partial charge in [0.1, 0.15) is 0 Å². The summed E-state index contributed by atoms with van der Waals surface area (Å²) in [4.78, 5) is 0. The molecule has 0 aliphatic heterocycles. The van der Waals surface area contributed by atoms with Crippen LogP contribution in [0.2, 0.25) is 0 Å². The first-order valence-electron chi connectivity index (χ1n) is 4.70. The molecule has 0 saturated heterocycles.